The standard InChI is InChI=1S/C20H27N/c1-15-8-9-16(19-7-5-4-6-18(15)19)12-13-20(2,3)14-21-17-10-11-17/h4-9,17,21H,10-14H2,1-3H3. The maximum atomic E-state index is 3.68. The van der Waals surface area contributed by atoms with Gasteiger partial charge >= 0.3 is 0 Å². The molecule has 0 unspecified atom stereocenters. The summed E-state index contributed by atoms with van der Waals surface area (Å²) in [5.74, 6) is 0. The molecule has 1 nitrogen and oxygen atoms in total. The molecule has 0 atom stereocenters. The molecule has 1 aliphatic rings. The Labute approximate surface area is 128 Å². The topological polar surface area (TPSA) is 12.0 Å². The molecule has 0 bridgehead atoms. The van der Waals surface area contributed by atoms with Crippen molar-refractivity contribution in [2.24, 2.45) is 5.41 Å². The summed E-state index contributed by atoms with van der Waals surface area (Å²) in [7, 11) is 0. The Balaban J connectivity index is 1.71. The van der Waals surface area contributed by atoms with Gasteiger partial charge in [0.25, 0.3) is 0 Å². The van der Waals surface area contributed by atoms with Crippen LogP contribution in [-0.2, 0) is 6.42 Å². The van der Waals surface area contributed by atoms with Crippen LogP contribution in [0, 0.1) is 12.3 Å². The van der Waals surface area contributed by atoms with Crippen LogP contribution in [0.5, 0.6) is 0 Å². The van der Waals surface area contributed by atoms with Gasteiger partial charge in [-0.05, 0) is 59.9 Å². The molecule has 2 aromatic rings. The SMILES string of the molecule is Cc1ccc(CCC(C)(C)CNC2CC2)c2ccccc12. The molecule has 0 spiro atoms. The quantitative estimate of drug-likeness (QED) is 0.797. The molecule has 0 amide bonds. The van der Waals surface area contributed by atoms with Crippen molar-refractivity contribution >= 4 is 10.8 Å². The van der Waals surface area contributed by atoms with Crippen molar-refractivity contribution in [2.45, 2.75) is 52.5 Å². The Hall–Kier alpha value is -1.34. The van der Waals surface area contributed by atoms with Gasteiger partial charge in [0.1, 0.15) is 0 Å². The highest BCUT2D eigenvalue weighted by Crippen LogP contribution is 2.28. The first kappa shape index (κ1) is 14.6. The fraction of sp³-hybridized carbons (Fsp3) is 0.500. The average Bonchev–Trinajstić information content (AvgIpc) is 3.29. The molecule has 0 radical (unpaired) electrons. The lowest BCUT2D eigenvalue weighted by atomic mass is 9.85. The van der Waals surface area contributed by atoms with Crippen LogP contribution in [0.2, 0.25) is 0 Å². The lowest BCUT2D eigenvalue weighted by molar-refractivity contribution is 0.314. The molecule has 1 aliphatic carbocycles. The van der Waals surface area contributed by atoms with Gasteiger partial charge in [0, 0.05) is 12.6 Å². The van der Waals surface area contributed by atoms with Gasteiger partial charge in [-0.2, -0.15) is 0 Å². The van der Waals surface area contributed by atoms with Crippen LogP contribution in [0.3, 0.4) is 0 Å². The van der Waals surface area contributed by atoms with Crippen LogP contribution in [0.4, 0.5) is 0 Å². The summed E-state index contributed by atoms with van der Waals surface area (Å²) in [6, 6.07) is 14.2. The largest absolute Gasteiger partial charge is 0.313 e. The lowest BCUT2D eigenvalue weighted by Gasteiger charge is -2.25. The molecule has 0 aromatic heterocycles. The maximum Gasteiger partial charge on any atom is 0.00684 e. The van der Waals surface area contributed by atoms with Crippen LogP contribution in [0.15, 0.2) is 36.4 Å². The van der Waals surface area contributed by atoms with Crippen molar-refractivity contribution in [3.8, 4) is 0 Å². The van der Waals surface area contributed by atoms with Gasteiger partial charge in [-0.3, -0.25) is 0 Å². The Morgan fingerprint density at radius 1 is 1.05 bits per heavy atom. The van der Waals surface area contributed by atoms with Gasteiger partial charge in [0.05, 0.1) is 0 Å². The molecule has 1 fully saturated rings. The molecular weight excluding hydrogens is 254 g/mol. The second-order valence-electron chi connectivity index (χ2n) is 7.41. The lowest BCUT2D eigenvalue weighted by Crippen LogP contribution is -2.31. The number of benzene rings is 2. The van der Waals surface area contributed by atoms with E-state index in [9.17, 15) is 0 Å². The van der Waals surface area contributed by atoms with Crippen LogP contribution < -0.4 is 5.32 Å². The van der Waals surface area contributed by atoms with Crippen LogP contribution in [-0.4, -0.2) is 12.6 Å². The van der Waals surface area contributed by atoms with Gasteiger partial charge in [0.15, 0.2) is 0 Å². The van der Waals surface area contributed by atoms with Crippen LogP contribution in [0.25, 0.3) is 10.8 Å². The Kier molecular flexibility index (Phi) is 4.03. The number of hydrogen-bond acceptors (Lipinski definition) is 1. The molecule has 2 aromatic carbocycles. The van der Waals surface area contributed by atoms with Crippen LogP contribution in [0.1, 0.15) is 44.2 Å². The monoisotopic (exact) mass is 281 g/mol. The summed E-state index contributed by atoms with van der Waals surface area (Å²) >= 11 is 0. The second-order valence-corrected chi connectivity index (χ2v) is 7.41. The summed E-state index contributed by atoms with van der Waals surface area (Å²) in [6.45, 7) is 8.12. The fourth-order valence-electron chi connectivity index (χ4n) is 3.00. The zero-order chi connectivity index (χ0) is 14.9. The van der Waals surface area contributed by atoms with E-state index in [4.69, 9.17) is 0 Å². The minimum absolute atomic E-state index is 0.370. The molecule has 112 valence electrons. The Bertz CT molecular complexity index is 623. The van der Waals surface area contributed by atoms with Crippen molar-refractivity contribution in [3.63, 3.8) is 0 Å². The zero-order valence-electron chi connectivity index (χ0n) is 13.6. The minimum atomic E-state index is 0.370. The summed E-state index contributed by atoms with van der Waals surface area (Å²) in [6.07, 6.45) is 5.15. The van der Waals surface area contributed by atoms with Crippen LogP contribution >= 0.6 is 0 Å². The third-order valence-electron chi connectivity index (χ3n) is 4.75. The zero-order valence-corrected chi connectivity index (χ0v) is 13.6. The van der Waals surface area contributed by atoms with E-state index in [2.05, 4.69) is 62.5 Å². The summed E-state index contributed by atoms with van der Waals surface area (Å²) in [5.41, 5.74) is 3.24. The Morgan fingerprint density at radius 3 is 2.48 bits per heavy atom. The maximum absolute atomic E-state index is 3.68. The van der Waals surface area contributed by atoms with E-state index in [1.165, 1.54) is 47.6 Å². The summed E-state index contributed by atoms with van der Waals surface area (Å²) < 4.78 is 0. The first-order valence-electron chi connectivity index (χ1n) is 8.26. The molecule has 1 heteroatoms. The van der Waals surface area contributed by atoms with Crippen molar-refractivity contribution in [3.05, 3.63) is 47.5 Å². The van der Waals surface area contributed by atoms with Crippen molar-refractivity contribution in [1.29, 1.82) is 0 Å². The number of nitrogens with one attached hydrogen (secondary N) is 1. The molecule has 0 heterocycles. The molecule has 3 rings (SSSR count). The van der Waals surface area contributed by atoms with E-state index in [0.717, 1.165) is 12.6 Å². The van der Waals surface area contributed by atoms with Gasteiger partial charge in [-0.15, -0.1) is 0 Å². The molecule has 1 saturated carbocycles. The summed E-state index contributed by atoms with van der Waals surface area (Å²) in [4.78, 5) is 0. The molecule has 0 aliphatic heterocycles. The van der Waals surface area contributed by atoms with Gasteiger partial charge < -0.3 is 5.32 Å². The van der Waals surface area contributed by atoms with E-state index in [1.807, 2.05) is 0 Å². The average molecular weight is 281 g/mol. The van der Waals surface area contributed by atoms with Gasteiger partial charge in [0.2, 0.25) is 0 Å². The predicted octanol–water partition coefficient (Wildman–Crippen LogP) is 4.86. The van der Waals surface area contributed by atoms with E-state index in [-0.39, 0.29) is 0 Å². The van der Waals surface area contributed by atoms with Crippen molar-refractivity contribution in [1.82, 2.24) is 5.32 Å². The Morgan fingerprint density at radius 2 is 1.76 bits per heavy atom. The smallest absolute Gasteiger partial charge is 0.00684 e. The first-order valence-corrected chi connectivity index (χ1v) is 8.26. The number of fused-ring (bicyclic) bond motifs is 1. The molecular formula is C20H27N. The fourth-order valence-corrected chi connectivity index (χ4v) is 3.00. The van der Waals surface area contributed by atoms with Gasteiger partial charge in [-0.1, -0.05) is 50.2 Å². The van der Waals surface area contributed by atoms with Crippen molar-refractivity contribution < 1.29 is 0 Å². The van der Waals surface area contributed by atoms with Crippen molar-refractivity contribution in [2.75, 3.05) is 6.54 Å². The van der Waals surface area contributed by atoms with Gasteiger partial charge in [-0.25, -0.2) is 0 Å². The predicted molar refractivity (Wildman–Crippen MR) is 91.8 cm³/mol. The minimum Gasteiger partial charge on any atom is -0.313 e. The molecule has 0 saturated heterocycles. The highest BCUT2D eigenvalue weighted by atomic mass is 15.0. The molecule has 1 N–H and O–H groups in total. The van der Waals surface area contributed by atoms with E-state index in [1.54, 1.807) is 0 Å². The highest BCUT2D eigenvalue weighted by molar-refractivity contribution is 5.88. The third kappa shape index (κ3) is 3.65. The normalized spacial score (nSPS) is 15.6. The third-order valence-corrected chi connectivity index (χ3v) is 4.75. The van der Waals surface area contributed by atoms with E-state index >= 15 is 0 Å². The van der Waals surface area contributed by atoms with E-state index < -0.39 is 0 Å². The van der Waals surface area contributed by atoms with E-state index in [0.29, 0.717) is 5.41 Å². The second kappa shape index (κ2) is 5.81. The highest BCUT2D eigenvalue weighted by Gasteiger charge is 2.25. The number of aryl methyl sites for hydroxylation is 2. The summed E-state index contributed by atoms with van der Waals surface area (Å²) in [5, 5.41) is 6.52. The number of hydrogen-bond donors (Lipinski definition) is 1. The molecule has 21 heavy (non-hydrogen) atoms. The first-order chi connectivity index (χ1) is 10.1. The number of rotatable bonds is 6.